The smallest absolute Gasteiger partial charge is 0.313 e. The first kappa shape index (κ1) is 18.1. The van der Waals surface area contributed by atoms with Crippen LogP contribution in [0.3, 0.4) is 0 Å². The molecule has 0 aliphatic rings. The lowest BCUT2D eigenvalue weighted by molar-refractivity contribution is -0.136. The summed E-state index contributed by atoms with van der Waals surface area (Å²) < 4.78 is 5.38. The molecular formula is C17H21N3O3S. The van der Waals surface area contributed by atoms with Crippen molar-refractivity contribution in [1.29, 1.82) is 0 Å². The van der Waals surface area contributed by atoms with Crippen molar-refractivity contribution >= 4 is 29.3 Å². The number of carbonyl (C=O) groups is 2. The lowest BCUT2D eigenvalue weighted by atomic mass is 10.2. The SMILES string of the molecule is CSc1cccc(NC(=O)C(=O)NC[C@@H](c2ccco2)N(C)C)c1. The Morgan fingerprint density at radius 1 is 1.21 bits per heavy atom. The maximum atomic E-state index is 12.0. The third-order valence-electron chi connectivity index (χ3n) is 3.48. The largest absolute Gasteiger partial charge is 0.468 e. The minimum absolute atomic E-state index is 0.142. The zero-order valence-corrected chi connectivity index (χ0v) is 14.7. The normalized spacial score (nSPS) is 12.0. The van der Waals surface area contributed by atoms with Gasteiger partial charge in [-0.3, -0.25) is 14.5 Å². The average Bonchev–Trinajstić information content (AvgIpc) is 3.08. The van der Waals surface area contributed by atoms with E-state index in [2.05, 4.69) is 10.6 Å². The van der Waals surface area contributed by atoms with Gasteiger partial charge in [0.2, 0.25) is 0 Å². The Bertz CT molecular complexity index is 686. The summed E-state index contributed by atoms with van der Waals surface area (Å²) in [6.45, 7) is 0.275. The van der Waals surface area contributed by atoms with Crippen molar-refractivity contribution in [2.24, 2.45) is 0 Å². The Balaban J connectivity index is 1.92. The maximum Gasteiger partial charge on any atom is 0.313 e. The zero-order chi connectivity index (χ0) is 17.5. The molecule has 1 atom stereocenters. The predicted molar refractivity (Wildman–Crippen MR) is 95.0 cm³/mol. The molecule has 0 fully saturated rings. The van der Waals surface area contributed by atoms with Gasteiger partial charge in [-0.05, 0) is 50.7 Å². The van der Waals surface area contributed by atoms with E-state index in [1.54, 1.807) is 30.2 Å². The van der Waals surface area contributed by atoms with Crippen LogP contribution in [0.5, 0.6) is 0 Å². The Kier molecular flexibility index (Phi) is 6.45. The minimum atomic E-state index is -0.690. The van der Waals surface area contributed by atoms with Crippen LogP contribution < -0.4 is 10.6 Å². The van der Waals surface area contributed by atoms with E-state index in [1.165, 1.54) is 0 Å². The molecule has 1 heterocycles. The van der Waals surface area contributed by atoms with E-state index in [0.29, 0.717) is 5.69 Å². The number of thioether (sulfide) groups is 1. The number of benzene rings is 1. The van der Waals surface area contributed by atoms with Gasteiger partial charge in [0.1, 0.15) is 5.76 Å². The van der Waals surface area contributed by atoms with Gasteiger partial charge in [-0.15, -0.1) is 11.8 Å². The Morgan fingerprint density at radius 2 is 2.00 bits per heavy atom. The van der Waals surface area contributed by atoms with Gasteiger partial charge in [0.15, 0.2) is 0 Å². The molecule has 0 radical (unpaired) electrons. The fraction of sp³-hybridized carbons (Fsp3) is 0.294. The van der Waals surface area contributed by atoms with Crippen LogP contribution in [-0.2, 0) is 9.59 Å². The molecule has 6 nitrogen and oxygen atoms in total. The summed E-state index contributed by atoms with van der Waals surface area (Å²) in [4.78, 5) is 27.0. The van der Waals surface area contributed by atoms with E-state index in [9.17, 15) is 9.59 Å². The molecular weight excluding hydrogens is 326 g/mol. The van der Waals surface area contributed by atoms with Crippen LogP contribution in [0.15, 0.2) is 52.0 Å². The molecule has 1 aromatic carbocycles. The van der Waals surface area contributed by atoms with Gasteiger partial charge in [0.25, 0.3) is 0 Å². The van der Waals surface area contributed by atoms with E-state index < -0.39 is 11.8 Å². The van der Waals surface area contributed by atoms with Crippen LogP contribution in [0.25, 0.3) is 0 Å². The fourth-order valence-electron chi connectivity index (χ4n) is 2.18. The van der Waals surface area contributed by atoms with Gasteiger partial charge in [-0.1, -0.05) is 6.07 Å². The average molecular weight is 347 g/mol. The topological polar surface area (TPSA) is 74.6 Å². The van der Waals surface area contributed by atoms with E-state index >= 15 is 0 Å². The molecule has 0 aliphatic heterocycles. The molecule has 2 rings (SSSR count). The van der Waals surface area contributed by atoms with Crippen LogP contribution >= 0.6 is 11.8 Å². The van der Waals surface area contributed by atoms with Gasteiger partial charge < -0.3 is 15.1 Å². The highest BCUT2D eigenvalue weighted by molar-refractivity contribution is 7.98. The molecule has 1 aromatic heterocycles. The van der Waals surface area contributed by atoms with E-state index in [0.717, 1.165) is 10.7 Å². The number of anilines is 1. The van der Waals surface area contributed by atoms with Crippen LogP contribution in [0.2, 0.25) is 0 Å². The zero-order valence-electron chi connectivity index (χ0n) is 13.9. The summed E-state index contributed by atoms with van der Waals surface area (Å²) in [6, 6.07) is 10.8. The molecule has 2 amide bonds. The highest BCUT2D eigenvalue weighted by Crippen LogP contribution is 2.19. The summed E-state index contributed by atoms with van der Waals surface area (Å²) in [7, 11) is 3.76. The second kappa shape index (κ2) is 8.56. The van der Waals surface area contributed by atoms with Crippen molar-refractivity contribution in [3.63, 3.8) is 0 Å². The van der Waals surface area contributed by atoms with Crippen molar-refractivity contribution in [1.82, 2.24) is 10.2 Å². The summed E-state index contributed by atoms with van der Waals surface area (Å²) >= 11 is 1.57. The standard InChI is InChI=1S/C17H21N3O3S/c1-20(2)14(15-8-5-9-23-15)11-18-16(21)17(22)19-12-6-4-7-13(10-12)24-3/h4-10,14H,11H2,1-3H3,(H,18,21)(H,19,22)/t14-/m0/s1. The molecule has 0 unspecified atom stereocenters. The van der Waals surface area contributed by atoms with E-state index in [4.69, 9.17) is 4.42 Å². The van der Waals surface area contributed by atoms with Crippen LogP contribution in [0.4, 0.5) is 5.69 Å². The third-order valence-corrected chi connectivity index (χ3v) is 4.21. The molecule has 7 heteroatoms. The third kappa shape index (κ3) is 4.87. The minimum Gasteiger partial charge on any atom is -0.468 e. The van der Waals surface area contributed by atoms with Crippen molar-refractivity contribution in [2.45, 2.75) is 10.9 Å². The summed E-state index contributed by atoms with van der Waals surface area (Å²) in [5, 5.41) is 5.25. The Morgan fingerprint density at radius 3 is 2.62 bits per heavy atom. The highest BCUT2D eigenvalue weighted by Gasteiger charge is 2.20. The first-order valence-corrected chi connectivity index (χ1v) is 8.67. The quantitative estimate of drug-likeness (QED) is 0.620. The molecule has 0 bridgehead atoms. The first-order chi connectivity index (χ1) is 11.5. The van der Waals surface area contributed by atoms with Gasteiger partial charge >= 0.3 is 11.8 Å². The van der Waals surface area contributed by atoms with E-state index in [-0.39, 0.29) is 12.6 Å². The number of carbonyl (C=O) groups excluding carboxylic acids is 2. The molecule has 0 saturated heterocycles. The molecule has 2 aromatic rings. The molecule has 128 valence electrons. The van der Waals surface area contributed by atoms with Crippen molar-refractivity contribution in [2.75, 3.05) is 32.2 Å². The second-order valence-corrected chi connectivity index (χ2v) is 6.27. The highest BCUT2D eigenvalue weighted by atomic mass is 32.2. The van der Waals surface area contributed by atoms with Crippen LogP contribution in [0.1, 0.15) is 11.8 Å². The van der Waals surface area contributed by atoms with Gasteiger partial charge in [0.05, 0.1) is 12.3 Å². The molecule has 0 spiro atoms. The second-order valence-electron chi connectivity index (χ2n) is 5.39. The number of amides is 2. The molecule has 2 N–H and O–H groups in total. The van der Waals surface area contributed by atoms with Gasteiger partial charge in [-0.2, -0.15) is 0 Å². The lowest BCUT2D eigenvalue weighted by Gasteiger charge is -2.22. The summed E-state index contributed by atoms with van der Waals surface area (Å²) in [5.41, 5.74) is 0.595. The number of hydrogen-bond donors (Lipinski definition) is 2. The number of rotatable bonds is 6. The summed E-state index contributed by atoms with van der Waals surface area (Å²) in [6.07, 6.45) is 3.53. The number of hydrogen-bond acceptors (Lipinski definition) is 5. The number of furan rings is 1. The number of likely N-dealkylation sites (N-methyl/N-ethyl adjacent to an activating group) is 1. The van der Waals surface area contributed by atoms with Gasteiger partial charge in [0, 0.05) is 17.1 Å². The monoisotopic (exact) mass is 347 g/mol. The number of nitrogens with one attached hydrogen (secondary N) is 2. The maximum absolute atomic E-state index is 12.0. The predicted octanol–water partition coefficient (Wildman–Crippen LogP) is 2.36. The lowest BCUT2D eigenvalue weighted by Crippen LogP contribution is -2.40. The Labute approximate surface area is 145 Å². The molecule has 24 heavy (non-hydrogen) atoms. The summed E-state index contributed by atoms with van der Waals surface area (Å²) in [5.74, 6) is -0.637. The molecule has 0 saturated carbocycles. The number of nitrogens with zero attached hydrogens (tertiary/aromatic N) is 1. The van der Waals surface area contributed by atoms with Crippen LogP contribution in [-0.4, -0.2) is 43.6 Å². The fourth-order valence-corrected chi connectivity index (χ4v) is 2.64. The first-order valence-electron chi connectivity index (χ1n) is 7.44. The van der Waals surface area contributed by atoms with Crippen molar-refractivity contribution in [3.8, 4) is 0 Å². The van der Waals surface area contributed by atoms with Crippen molar-refractivity contribution < 1.29 is 14.0 Å². The van der Waals surface area contributed by atoms with Crippen LogP contribution in [0, 0.1) is 0 Å². The van der Waals surface area contributed by atoms with Gasteiger partial charge in [-0.25, -0.2) is 0 Å². The molecule has 0 aliphatic carbocycles. The Hall–Kier alpha value is -2.25. The van der Waals surface area contributed by atoms with Crippen molar-refractivity contribution in [3.05, 3.63) is 48.4 Å². The van der Waals surface area contributed by atoms with E-state index in [1.807, 2.05) is 49.5 Å².